The van der Waals surface area contributed by atoms with Gasteiger partial charge in [-0.05, 0) is 7.05 Å². The smallest absolute Gasteiger partial charge is 0.0247 e. The molecule has 0 bridgehead atoms. The van der Waals surface area contributed by atoms with E-state index in [-0.39, 0.29) is 24.8 Å². The molecule has 2 saturated heterocycles. The highest BCUT2D eigenvalue weighted by molar-refractivity contribution is 5.85. The van der Waals surface area contributed by atoms with E-state index in [4.69, 9.17) is 0 Å². The summed E-state index contributed by atoms with van der Waals surface area (Å²) in [5, 5.41) is 3.40. The minimum Gasteiger partial charge on any atom is -0.312 e. The molecule has 0 aromatic rings. The van der Waals surface area contributed by atoms with Crippen LogP contribution in [0, 0.1) is 5.92 Å². The second-order valence-corrected chi connectivity index (χ2v) is 3.00. The standard InChI is InChI=1S/C6H12N2.2ClH/c1-8-3-5-2-7-6(5)4-8;;/h5-7H,2-4H2,1H3;2*1H/t5-,6+;;/m0../s1. The molecule has 0 aromatic carbocycles. The predicted molar refractivity (Wildman–Crippen MR) is 47.3 cm³/mol. The van der Waals surface area contributed by atoms with Gasteiger partial charge in [0, 0.05) is 31.6 Å². The van der Waals surface area contributed by atoms with Crippen molar-refractivity contribution in [1.82, 2.24) is 10.2 Å². The Morgan fingerprint density at radius 3 is 2.20 bits per heavy atom. The van der Waals surface area contributed by atoms with Gasteiger partial charge in [-0.3, -0.25) is 0 Å². The maximum atomic E-state index is 3.40. The number of halogens is 2. The van der Waals surface area contributed by atoms with Crippen molar-refractivity contribution in [3.8, 4) is 0 Å². The second kappa shape index (κ2) is 3.77. The zero-order chi connectivity index (χ0) is 5.56. The molecule has 2 fully saturated rings. The number of hydrogen-bond donors (Lipinski definition) is 1. The van der Waals surface area contributed by atoms with Crippen molar-refractivity contribution in [2.45, 2.75) is 6.04 Å². The SMILES string of the molecule is CN1C[C@@H]2CN[C@@H]2C1.Cl.Cl. The lowest BCUT2D eigenvalue weighted by atomic mass is 9.96. The Balaban J connectivity index is 0.000000405. The van der Waals surface area contributed by atoms with E-state index < -0.39 is 0 Å². The lowest BCUT2D eigenvalue weighted by Crippen LogP contribution is -2.51. The summed E-state index contributed by atoms with van der Waals surface area (Å²) in [6.45, 7) is 3.84. The number of fused-ring (bicyclic) bond motifs is 1. The zero-order valence-electron chi connectivity index (χ0n) is 6.04. The minimum absolute atomic E-state index is 0. The average molecular weight is 185 g/mol. The lowest BCUT2D eigenvalue weighted by Gasteiger charge is -2.30. The van der Waals surface area contributed by atoms with Crippen LogP contribution in [0.1, 0.15) is 0 Å². The number of nitrogens with one attached hydrogen (secondary N) is 1. The summed E-state index contributed by atoms with van der Waals surface area (Å²) in [6.07, 6.45) is 0. The number of rotatable bonds is 0. The molecule has 0 aliphatic carbocycles. The third kappa shape index (κ3) is 1.56. The minimum atomic E-state index is 0. The van der Waals surface area contributed by atoms with Crippen molar-refractivity contribution in [3.63, 3.8) is 0 Å². The van der Waals surface area contributed by atoms with Crippen molar-refractivity contribution in [3.05, 3.63) is 0 Å². The van der Waals surface area contributed by atoms with Gasteiger partial charge in [-0.15, -0.1) is 24.8 Å². The molecule has 2 nitrogen and oxygen atoms in total. The van der Waals surface area contributed by atoms with E-state index in [1.807, 2.05) is 0 Å². The quantitative estimate of drug-likeness (QED) is 0.586. The summed E-state index contributed by atoms with van der Waals surface area (Å²) in [5.74, 6) is 0.986. The molecule has 1 N–H and O–H groups in total. The van der Waals surface area contributed by atoms with Crippen LogP contribution in [-0.2, 0) is 0 Å². The van der Waals surface area contributed by atoms with E-state index >= 15 is 0 Å². The molecule has 2 rings (SSSR count). The van der Waals surface area contributed by atoms with E-state index in [1.54, 1.807) is 0 Å². The second-order valence-electron chi connectivity index (χ2n) is 3.00. The van der Waals surface area contributed by atoms with Crippen LogP contribution in [0.4, 0.5) is 0 Å². The van der Waals surface area contributed by atoms with Crippen molar-refractivity contribution >= 4 is 24.8 Å². The summed E-state index contributed by atoms with van der Waals surface area (Å²) in [7, 11) is 2.19. The van der Waals surface area contributed by atoms with E-state index in [0.29, 0.717) is 0 Å². The Bertz CT molecular complexity index is 97.9. The summed E-state index contributed by atoms with van der Waals surface area (Å²) in [4.78, 5) is 2.40. The van der Waals surface area contributed by atoms with Gasteiger partial charge in [0.05, 0.1) is 0 Å². The maximum Gasteiger partial charge on any atom is 0.0247 e. The van der Waals surface area contributed by atoms with Crippen molar-refractivity contribution < 1.29 is 0 Å². The van der Waals surface area contributed by atoms with E-state index in [0.717, 1.165) is 12.0 Å². The van der Waals surface area contributed by atoms with Crippen LogP contribution in [0.25, 0.3) is 0 Å². The normalized spacial score (nSPS) is 36.9. The van der Waals surface area contributed by atoms with Crippen molar-refractivity contribution in [2.24, 2.45) is 5.92 Å². The molecule has 10 heavy (non-hydrogen) atoms. The highest BCUT2D eigenvalue weighted by Gasteiger charge is 2.36. The van der Waals surface area contributed by atoms with Crippen molar-refractivity contribution in [1.29, 1.82) is 0 Å². The van der Waals surface area contributed by atoms with Gasteiger partial charge >= 0.3 is 0 Å². The van der Waals surface area contributed by atoms with Gasteiger partial charge in [0.1, 0.15) is 0 Å². The molecular weight excluding hydrogens is 171 g/mol. The van der Waals surface area contributed by atoms with Gasteiger partial charge in [0.15, 0.2) is 0 Å². The molecule has 2 heterocycles. The summed E-state index contributed by atoms with van der Waals surface area (Å²) in [5.41, 5.74) is 0. The van der Waals surface area contributed by atoms with Gasteiger partial charge < -0.3 is 10.2 Å². The van der Waals surface area contributed by atoms with Crippen LogP contribution >= 0.6 is 24.8 Å². The Morgan fingerprint density at radius 1 is 1.30 bits per heavy atom. The monoisotopic (exact) mass is 184 g/mol. The Labute approximate surface area is 74.2 Å². The van der Waals surface area contributed by atoms with Crippen LogP contribution in [0.15, 0.2) is 0 Å². The molecule has 0 unspecified atom stereocenters. The van der Waals surface area contributed by atoms with Gasteiger partial charge in [0.25, 0.3) is 0 Å². The predicted octanol–water partition coefficient (Wildman–Crippen LogP) is 0.363. The molecule has 0 aromatic heterocycles. The molecule has 0 amide bonds. The van der Waals surface area contributed by atoms with Crippen molar-refractivity contribution in [2.75, 3.05) is 26.7 Å². The van der Waals surface area contributed by atoms with E-state index in [9.17, 15) is 0 Å². The lowest BCUT2D eigenvalue weighted by molar-refractivity contribution is 0.297. The van der Waals surface area contributed by atoms with Crippen LogP contribution in [0.2, 0.25) is 0 Å². The first-order chi connectivity index (χ1) is 3.86. The van der Waals surface area contributed by atoms with E-state index in [2.05, 4.69) is 17.3 Å². The van der Waals surface area contributed by atoms with Gasteiger partial charge in [-0.1, -0.05) is 0 Å². The van der Waals surface area contributed by atoms with Crippen LogP contribution in [-0.4, -0.2) is 37.6 Å². The van der Waals surface area contributed by atoms with Gasteiger partial charge in [0.2, 0.25) is 0 Å². The number of likely N-dealkylation sites (N-methyl/N-ethyl adjacent to an activating group) is 1. The average Bonchev–Trinajstić information content (AvgIpc) is 1.91. The third-order valence-corrected chi connectivity index (χ3v) is 2.27. The largest absolute Gasteiger partial charge is 0.312 e. The molecule has 0 radical (unpaired) electrons. The fourth-order valence-electron chi connectivity index (χ4n) is 1.67. The molecule has 2 aliphatic heterocycles. The summed E-state index contributed by atoms with van der Waals surface area (Å²) >= 11 is 0. The molecule has 62 valence electrons. The molecule has 4 heteroatoms. The van der Waals surface area contributed by atoms with Crippen LogP contribution in [0.5, 0.6) is 0 Å². The Morgan fingerprint density at radius 2 is 2.00 bits per heavy atom. The fourth-order valence-corrected chi connectivity index (χ4v) is 1.67. The first-order valence-corrected chi connectivity index (χ1v) is 3.28. The highest BCUT2D eigenvalue weighted by atomic mass is 35.5. The Hall–Kier alpha value is 0.500. The Kier molecular flexibility index (Phi) is 3.95. The highest BCUT2D eigenvalue weighted by Crippen LogP contribution is 2.21. The first kappa shape index (κ1) is 10.5. The topological polar surface area (TPSA) is 15.3 Å². The third-order valence-electron chi connectivity index (χ3n) is 2.27. The molecule has 0 saturated carbocycles. The summed E-state index contributed by atoms with van der Waals surface area (Å²) in [6, 6.07) is 0.847. The molecular formula is C6H14Cl2N2. The number of likely N-dealkylation sites (tertiary alicyclic amines) is 1. The van der Waals surface area contributed by atoms with Crippen LogP contribution in [0.3, 0.4) is 0 Å². The number of nitrogens with zero attached hydrogens (tertiary/aromatic N) is 1. The summed E-state index contributed by atoms with van der Waals surface area (Å²) < 4.78 is 0. The maximum absolute atomic E-state index is 3.40. The zero-order valence-corrected chi connectivity index (χ0v) is 7.67. The van der Waals surface area contributed by atoms with Crippen LogP contribution < -0.4 is 5.32 Å². The molecule has 2 aliphatic rings. The first-order valence-electron chi connectivity index (χ1n) is 3.28. The molecule has 0 spiro atoms. The van der Waals surface area contributed by atoms with Gasteiger partial charge in [-0.25, -0.2) is 0 Å². The molecule has 2 atom stereocenters. The number of hydrogen-bond acceptors (Lipinski definition) is 2. The van der Waals surface area contributed by atoms with E-state index in [1.165, 1.54) is 19.6 Å². The fraction of sp³-hybridized carbons (Fsp3) is 1.00. The van der Waals surface area contributed by atoms with Gasteiger partial charge in [-0.2, -0.15) is 0 Å².